The van der Waals surface area contributed by atoms with Gasteiger partial charge < -0.3 is 4.74 Å². The standard InChI is InChI=1S/C20H16Cl2N4O5S/c1-31-14-7-5-13(6-8-14)25-32(29,30)15-9-10-19(20(11-15)26(27)28)24-23-12-16-17(21)3-2-4-18(16)22/h2-12,24-25H,1H3/b23-12+. The van der Waals surface area contributed by atoms with Gasteiger partial charge in [0.15, 0.2) is 0 Å². The molecule has 0 aliphatic rings. The Kier molecular flexibility index (Phi) is 7.18. The summed E-state index contributed by atoms with van der Waals surface area (Å²) in [5.74, 6) is 0.553. The lowest BCUT2D eigenvalue weighted by Gasteiger charge is -2.10. The molecule has 0 saturated heterocycles. The molecule has 0 aromatic heterocycles. The minimum atomic E-state index is -4.08. The van der Waals surface area contributed by atoms with E-state index in [1.165, 1.54) is 37.6 Å². The van der Waals surface area contributed by atoms with Crippen molar-refractivity contribution in [3.8, 4) is 5.75 Å². The number of methoxy groups -OCH3 is 1. The van der Waals surface area contributed by atoms with Crippen LogP contribution in [0.4, 0.5) is 17.1 Å². The molecule has 9 nitrogen and oxygen atoms in total. The van der Waals surface area contributed by atoms with Crippen LogP contribution in [0.1, 0.15) is 5.56 Å². The van der Waals surface area contributed by atoms with Crippen molar-refractivity contribution in [2.75, 3.05) is 17.3 Å². The summed E-state index contributed by atoms with van der Waals surface area (Å²) in [5, 5.41) is 16.1. The van der Waals surface area contributed by atoms with Crippen LogP contribution in [-0.2, 0) is 10.0 Å². The number of benzene rings is 3. The van der Waals surface area contributed by atoms with Crippen LogP contribution in [0.3, 0.4) is 0 Å². The Morgan fingerprint density at radius 3 is 2.31 bits per heavy atom. The van der Waals surface area contributed by atoms with Gasteiger partial charge in [0.05, 0.1) is 33.2 Å². The lowest BCUT2D eigenvalue weighted by atomic mass is 10.2. The first-order chi connectivity index (χ1) is 15.2. The number of hydrogen-bond acceptors (Lipinski definition) is 7. The molecule has 0 heterocycles. The van der Waals surface area contributed by atoms with Crippen LogP contribution >= 0.6 is 23.2 Å². The van der Waals surface area contributed by atoms with Gasteiger partial charge in [0.2, 0.25) is 0 Å². The summed E-state index contributed by atoms with van der Waals surface area (Å²) in [7, 11) is -2.59. The summed E-state index contributed by atoms with van der Waals surface area (Å²) >= 11 is 12.1. The van der Waals surface area contributed by atoms with Crippen LogP contribution in [0.5, 0.6) is 5.75 Å². The van der Waals surface area contributed by atoms with Gasteiger partial charge in [0.1, 0.15) is 11.4 Å². The quantitative estimate of drug-likeness (QED) is 0.253. The second-order valence-corrected chi connectivity index (χ2v) is 8.77. The van der Waals surface area contributed by atoms with Gasteiger partial charge in [-0.15, -0.1) is 0 Å². The number of nitro groups is 1. The number of nitrogens with one attached hydrogen (secondary N) is 2. The van der Waals surface area contributed by atoms with Crippen LogP contribution in [0.15, 0.2) is 70.7 Å². The maximum atomic E-state index is 12.7. The van der Waals surface area contributed by atoms with E-state index in [1.54, 1.807) is 30.3 Å². The normalized spacial score (nSPS) is 11.3. The van der Waals surface area contributed by atoms with E-state index in [4.69, 9.17) is 27.9 Å². The van der Waals surface area contributed by atoms with Gasteiger partial charge in [0.25, 0.3) is 15.7 Å². The molecule has 0 amide bonds. The van der Waals surface area contributed by atoms with E-state index in [2.05, 4.69) is 15.2 Å². The highest BCUT2D eigenvalue weighted by Gasteiger charge is 2.21. The molecular formula is C20H16Cl2N4O5S. The number of sulfonamides is 1. The number of ether oxygens (including phenoxy) is 1. The first-order valence-corrected chi connectivity index (χ1v) is 11.1. The maximum absolute atomic E-state index is 12.7. The molecule has 0 fully saturated rings. The van der Waals surface area contributed by atoms with Crippen molar-refractivity contribution in [1.82, 2.24) is 0 Å². The molecular weight excluding hydrogens is 479 g/mol. The van der Waals surface area contributed by atoms with Crippen molar-refractivity contribution in [2.24, 2.45) is 5.10 Å². The Morgan fingerprint density at radius 2 is 1.72 bits per heavy atom. The number of nitro benzene ring substituents is 1. The fraction of sp³-hybridized carbons (Fsp3) is 0.0500. The highest BCUT2D eigenvalue weighted by molar-refractivity contribution is 7.92. The highest BCUT2D eigenvalue weighted by atomic mass is 35.5. The van der Waals surface area contributed by atoms with Crippen molar-refractivity contribution >= 4 is 56.5 Å². The molecule has 0 aliphatic carbocycles. The third-order valence-electron chi connectivity index (χ3n) is 4.20. The predicted molar refractivity (Wildman–Crippen MR) is 125 cm³/mol. The predicted octanol–water partition coefficient (Wildman–Crippen LogP) is 5.16. The molecule has 0 radical (unpaired) electrons. The second-order valence-electron chi connectivity index (χ2n) is 6.28. The van der Waals surface area contributed by atoms with E-state index >= 15 is 0 Å². The lowest BCUT2D eigenvalue weighted by Crippen LogP contribution is -2.13. The van der Waals surface area contributed by atoms with Crippen LogP contribution in [0.25, 0.3) is 0 Å². The monoisotopic (exact) mass is 494 g/mol. The molecule has 12 heteroatoms. The van der Waals surface area contributed by atoms with Crippen LogP contribution < -0.4 is 14.9 Å². The van der Waals surface area contributed by atoms with Crippen molar-refractivity contribution in [2.45, 2.75) is 4.90 Å². The summed E-state index contributed by atoms with van der Waals surface area (Å²) in [4.78, 5) is 10.5. The Hall–Kier alpha value is -3.34. The molecule has 166 valence electrons. The fourth-order valence-corrected chi connectivity index (χ4v) is 4.17. The average molecular weight is 495 g/mol. The smallest absolute Gasteiger partial charge is 0.295 e. The molecule has 32 heavy (non-hydrogen) atoms. The van der Waals surface area contributed by atoms with Crippen LogP contribution in [-0.4, -0.2) is 26.7 Å². The van der Waals surface area contributed by atoms with Crippen molar-refractivity contribution in [3.05, 3.63) is 86.4 Å². The molecule has 3 aromatic carbocycles. The van der Waals surface area contributed by atoms with Gasteiger partial charge in [-0.05, 0) is 48.5 Å². The van der Waals surface area contributed by atoms with E-state index in [-0.39, 0.29) is 16.3 Å². The lowest BCUT2D eigenvalue weighted by molar-refractivity contribution is -0.384. The zero-order valence-corrected chi connectivity index (χ0v) is 18.8. The Morgan fingerprint density at radius 1 is 1.06 bits per heavy atom. The van der Waals surface area contributed by atoms with Gasteiger partial charge in [-0.2, -0.15) is 5.10 Å². The SMILES string of the molecule is COc1ccc(NS(=O)(=O)c2ccc(N/N=C/c3c(Cl)cccc3Cl)c([N+](=O)[O-])c2)cc1. The number of rotatable bonds is 8. The van der Waals surface area contributed by atoms with E-state index in [0.717, 1.165) is 6.07 Å². The van der Waals surface area contributed by atoms with Crippen LogP contribution in [0.2, 0.25) is 10.0 Å². The first-order valence-electron chi connectivity index (χ1n) is 8.89. The molecule has 0 bridgehead atoms. The molecule has 0 saturated carbocycles. The summed E-state index contributed by atoms with van der Waals surface area (Å²) < 4.78 is 32.7. The number of hydrazone groups is 1. The zero-order valence-electron chi connectivity index (χ0n) is 16.5. The number of anilines is 2. The molecule has 3 rings (SSSR count). The minimum Gasteiger partial charge on any atom is -0.497 e. The van der Waals surface area contributed by atoms with Crippen molar-refractivity contribution in [1.29, 1.82) is 0 Å². The fourth-order valence-electron chi connectivity index (χ4n) is 2.60. The van der Waals surface area contributed by atoms with Gasteiger partial charge in [0, 0.05) is 17.3 Å². The molecule has 0 aliphatic heterocycles. The molecule has 0 unspecified atom stereocenters. The van der Waals surface area contributed by atoms with E-state index in [1.807, 2.05) is 0 Å². The van der Waals surface area contributed by atoms with Gasteiger partial charge >= 0.3 is 0 Å². The number of nitrogens with zero attached hydrogens (tertiary/aromatic N) is 2. The van der Waals surface area contributed by atoms with E-state index in [0.29, 0.717) is 21.4 Å². The Balaban J connectivity index is 1.85. The summed E-state index contributed by atoms with van der Waals surface area (Å²) in [6, 6.07) is 14.5. The summed E-state index contributed by atoms with van der Waals surface area (Å²) in [5.41, 5.74) is 2.72. The topological polar surface area (TPSA) is 123 Å². The highest BCUT2D eigenvalue weighted by Crippen LogP contribution is 2.29. The summed E-state index contributed by atoms with van der Waals surface area (Å²) in [6.45, 7) is 0. The number of hydrogen-bond donors (Lipinski definition) is 2. The molecule has 2 N–H and O–H groups in total. The van der Waals surface area contributed by atoms with Gasteiger partial charge in [-0.1, -0.05) is 29.3 Å². The summed E-state index contributed by atoms with van der Waals surface area (Å²) in [6.07, 6.45) is 1.31. The molecule has 0 atom stereocenters. The maximum Gasteiger partial charge on any atom is 0.295 e. The minimum absolute atomic E-state index is 0.0159. The first kappa shape index (κ1) is 23.3. The van der Waals surface area contributed by atoms with E-state index < -0.39 is 20.6 Å². The van der Waals surface area contributed by atoms with E-state index in [9.17, 15) is 18.5 Å². The molecule has 3 aromatic rings. The Bertz CT molecular complexity index is 1260. The third-order valence-corrected chi connectivity index (χ3v) is 6.23. The number of halogens is 2. The second kappa shape index (κ2) is 9.86. The van der Waals surface area contributed by atoms with Gasteiger partial charge in [-0.25, -0.2) is 8.42 Å². The zero-order chi connectivity index (χ0) is 23.3. The average Bonchev–Trinajstić information content (AvgIpc) is 2.76. The molecule has 0 spiro atoms. The van der Waals surface area contributed by atoms with Crippen molar-refractivity contribution < 1.29 is 18.1 Å². The van der Waals surface area contributed by atoms with Crippen LogP contribution in [0, 0.1) is 10.1 Å². The Labute approximate surface area is 193 Å². The van der Waals surface area contributed by atoms with Crippen molar-refractivity contribution in [3.63, 3.8) is 0 Å². The largest absolute Gasteiger partial charge is 0.497 e. The van der Waals surface area contributed by atoms with Gasteiger partial charge in [-0.3, -0.25) is 20.3 Å². The third kappa shape index (κ3) is 5.47.